The molecule has 0 bridgehead atoms. The molecule has 0 amide bonds. The second-order valence-corrected chi connectivity index (χ2v) is 4.92. The van der Waals surface area contributed by atoms with Gasteiger partial charge in [-0.25, -0.2) is 4.79 Å². The smallest absolute Gasteiger partial charge is 0.339 e. The molecular formula is C15H17NO3. The van der Waals surface area contributed by atoms with Crippen molar-refractivity contribution in [1.82, 2.24) is 0 Å². The summed E-state index contributed by atoms with van der Waals surface area (Å²) in [4.78, 5) is 11.3. The zero-order valence-electron chi connectivity index (χ0n) is 10.8. The van der Waals surface area contributed by atoms with E-state index in [1.165, 1.54) is 0 Å². The lowest BCUT2D eigenvalue weighted by Gasteiger charge is -2.21. The molecule has 0 saturated heterocycles. The highest BCUT2D eigenvalue weighted by atomic mass is 16.5. The molecule has 2 atom stereocenters. The number of carbonyl (C=O) groups is 1. The number of carboxylic acids is 1. The molecule has 2 N–H and O–H groups in total. The van der Waals surface area contributed by atoms with Gasteiger partial charge in [-0.2, -0.15) is 0 Å². The molecule has 1 heterocycles. The molecule has 3 rings (SSSR count). The lowest BCUT2D eigenvalue weighted by Crippen LogP contribution is -2.21. The molecule has 0 radical (unpaired) electrons. The van der Waals surface area contributed by atoms with Gasteiger partial charge in [-0.15, -0.1) is 0 Å². The predicted octanol–water partition coefficient (Wildman–Crippen LogP) is 3.01. The molecule has 2 aliphatic rings. The predicted molar refractivity (Wildman–Crippen MR) is 73.1 cm³/mol. The maximum Gasteiger partial charge on any atom is 0.339 e. The van der Waals surface area contributed by atoms with Gasteiger partial charge < -0.3 is 15.2 Å². The summed E-state index contributed by atoms with van der Waals surface area (Å²) < 4.78 is 5.64. The van der Waals surface area contributed by atoms with Crippen LogP contribution >= 0.6 is 0 Å². The van der Waals surface area contributed by atoms with E-state index in [4.69, 9.17) is 4.74 Å². The molecular weight excluding hydrogens is 242 g/mol. The number of anilines is 1. The number of aromatic carboxylic acids is 1. The van der Waals surface area contributed by atoms with Gasteiger partial charge in [-0.1, -0.05) is 12.2 Å². The molecule has 1 aromatic rings. The maximum absolute atomic E-state index is 11.3. The highest BCUT2D eigenvalue weighted by Crippen LogP contribution is 2.47. The van der Waals surface area contributed by atoms with Gasteiger partial charge in [0.25, 0.3) is 0 Å². The number of carboxylic acid groups (broad SMARTS) is 1. The Labute approximate surface area is 112 Å². The summed E-state index contributed by atoms with van der Waals surface area (Å²) in [7, 11) is 0. The van der Waals surface area contributed by atoms with Crippen LogP contribution in [0.1, 0.15) is 41.6 Å². The first-order valence-corrected chi connectivity index (χ1v) is 6.68. The molecule has 4 nitrogen and oxygen atoms in total. The third-order valence-corrected chi connectivity index (χ3v) is 3.81. The minimum Gasteiger partial charge on any atom is -0.493 e. The Bertz CT molecular complexity index is 551. The number of hydrogen-bond acceptors (Lipinski definition) is 3. The minimum absolute atomic E-state index is 0.226. The first kappa shape index (κ1) is 12.1. The summed E-state index contributed by atoms with van der Waals surface area (Å²) in [6.45, 7) is 2.35. The number of fused-ring (bicyclic) bond motifs is 3. The maximum atomic E-state index is 11.3. The van der Waals surface area contributed by atoms with Crippen molar-refractivity contribution in [3.63, 3.8) is 0 Å². The van der Waals surface area contributed by atoms with Crippen LogP contribution in [-0.2, 0) is 0 Å². The Kier molecular flexibility index (Phi) is 2.93. The fourth-order valence-electron chi connectivity index (χ4n) is 3.02. The van der Waals surface area contributed by atoms with Gasteiger partial charge in [0.15, 0.2) is 0 Å². The fourth-order valence-corrected chi connectivity index (χ4v) is 3.02. The molecule has 1 aliphatic heterocycles. The van der Waals surface area contributed by atoms with Crippen LogP contribution < -0.4 is 10.1 Å². The van der Waals surface area contributed by atoms with Gasteiger partial charge in [0, 0.05) is 23.2 Å². The van der Waals surface area contributed by atoms with Gasteiger partial charge >= 0.3 is 5.97 Å². The van der Waals surface area contributed by atoms with E-state index in [1.807, 2.05) is 13.0 Å². The van der Waals surface area contributed by atoms with Crippen molar-refractivity contribution in [2.24, 2.45) is 0 Å². The van der Waals surface area contributed by atoms with Crippen LogP contribution in [0.2, 0.25) is 0 Å². The van der Waals surface area contributed by atoms with Gasteiger partial charge in [0.2, 0.25) is 0 Å². The summed E-state index contributed by atoms with van der Waals surface area (Å²) in [5, 5.41) is 12.8. The highest BCUT2D eigenvalue weighted by molar-refractivity contribution is 5.93. The van der Waals surface area contributed by atoms with E-state index in [1.54, 1.807) is 6.07 Å². The van der Waals surface area contributed by atoms with E-state index in [2.05, 4.69) is 17.5 Å². The Morgan fingerprint density at radius 2 is 2.37 bits per heavy atom. The number of nitrogens with one attached hydrogen (secondary N) is 1. The Balaban J connectivity index is 2.15. The minimum atomic E-state index is -0.936. The summed E-state index contributed by atoms with van der Waals surface area (Å²) in [6, 6.07) is 3.84. The Morgan fingerprint density at radius 1 is 1.53 bits per heavy atom. The molecule has 0 spiro atoms. The highest BCUT2D eigenvalue weighted by Gasteiger charge is 2.36. The van der Waals surface area contributed by atoms with Crippen molar-refractivity contribution in [2.75, 3.05) is 11.9 Å². The van der Waals surface area contributed by atoms with Crippen LogP contribution in [0.15, 0.2) is 24.3 Å². The zero-order valence-corrected chi connectivity index (χ0v) is 10.8. The van der Waals surface area contributed by atoms with E-state index >= 15 is 0 Å². The van der Waals surface area contributed by atoms with Crippen molar-refractivity contribution in [3.05, 3.63) is 35.4 Å². The molecule has 4 heteroatoms. The molecule has 0 aromatic heterocycles. The number of hydrogen-bond donors (Lipinski definition) is 2. The summed E-state index contributed by atoms with van der Waals surface area (Å²) in [6.07, 6.45) is 6.48. The van der Waals surface area contributed by atoms with Crippen molar-refractivity contribution in [1.29, 1.82) is 0 Å². The molecule has 1 aromatic carbocycles. The normalized spacial score (nSPS) is 23.4. The first-order valence-electron chi connectivity index (χ1n) is 6.68. The van der Waals surface area contributed by atoms with Gasteiger partial charge in [-0.3, -0.25) is 0 Å². The third-order valence-electron chi connectivity index (χ3n) is 3.81. The quantitative estimate of drug-likeness (QED) is 0.819. The monoisotopic (exact) mass is 259 g/mol. The van der Waals surface area contributed by atoms with Crippen molar-refractivity contribution in [3.8, 4) is 5.75 Å². The number of allylic oxidation sites excluding steroid dienone is 1. The number of benzene rings is 1. The largest absolute Gasteiger partial charge is 0.493 e. The van der Waals surface area contributed by atoms with Crippen LogP contribution in [0.4, 0.5) is 5.69 Å². The van der Waals surface area contributed by atoms with Crippen molar-refractivity contribution >= 4 is 11.7 Å². The third kappa shape index (κ3) is 1.87. The van der Waals surface area contributed by atoms with E-state index in [0.717, 1.165) is 24.1 Å². The van der Waals surface area contributed by atoms with Crippen LogP contribution in [0, 0.1) is 0 Å². The lowest BCUT2D eigenvalue weighted by atomic mass is 9.87. The van der Waals surface area contributed by atoms with Crippen molar-refractivity contribution in [2.45, 2.75) is 31.7 Å². The van der Waals surface area contributed by atoms with Gasteiger partial charge in [-0.05, 0) is 31.9 Å². The van der Waals surface area contributed by atoms with E-state index in [-0.39, 0.29) is 11.5 Å². The first-order chi connectivity index (χ1) is 9.22. The van der Waals surface area contributed by atoms with E-state index in [0.29, 0.717) is 18.4 Å². The van der Waals surface area contributed by atoms with E-state index < -0.39 is 5.97 Å². The summed E-state index contributed by atoms with van der Waals surface area (Å²) in [5.41, 5.74) is 2.26. The number of rotatable bonds is 3. The standard InChI is InChI=1S/C15H17NO3/c1-2-19-14-10(15(17)18)7-8-12-13(14)9-5-3-4-6-11(9)16-12/h3,5,7-9,11,16H,2,4,6H2,1H3,(H,17,18). The van der Waals surface area contributed by atoms with Crippen LogP contribution in [0.3, 0.4) is 0 Å². The number of ether oxygens (including phenoxy) is 1. The Hall–Kier alpha value is -1.97. The van der Waals surface area contributed by atoms with E-state index in [9.17, 15) is 9.90 Å². The van der Waals surface area contributed by atoms with Crippen molar-refractivity contribution < 1.29 is 14.6 Å². The van der Waals surface area contributed by atoms with Gasteiger partial charge in [0.1, 0.15) is 11.3 Å². The lowest BCUT2D eigenvalue weighted by molar-refractivity contribution is 0.0692. The molecule has 0 fully saturated rings. The summed E-state index contributed by atoms with van der Waals surface area (Å²) in [5.74, 6) is -0.182. The van der Waals surface area contributed by atoms with Crippen LogP contribution in [0.25, 0.3) is 0 Å². The zero-order chi connectivity index (χ0) is 13.4. The molecule has 1 aliphatic carbocycles. The SMILES string of the molecule is CCOc1c(C(=O)O)ccc2c1C1C=CCCC1N2. The fraction of sp³-hybridized carbons (Fsp3) is 0.400. The van der Waals surface area contributed by atoms with Crippen LogP contribution in [0.5, 0.6) is 5.75 Å². The topological polar surface area (TPSA) is 58.6 Å². The second-order valence-electron chi connectivity index (χ2n) is 4.92. The Morgan fingerprint density at radius 3 is 3.11 bits per heavy atom. The van der Waals surface area contributed by atoms with Crippen LogP contribution in [-0.4, -0.2) is 23.7 Å². The molecule has 2 unspecified atom stereocenters. The summed E-state index contributed by atoms with van der Waals surface area (Å²) >= 11 is 0. The average molecular weight is 259 g/mol. The molecule has 100 valence electrons. The molecule has 19 heavy (non-hydrogen) atoms. The average Bonchev–Trinajstić information content (AvgIpc) is 2.77. The molecule has 0 saturated carbocycles. The van der Waals surface area contributed by atoms with Gasteiger partial charge in [0.05, 0.1) is 6.61 Å². The second kappa shape index (κ2) is 4.61.